The molecule has 0 amide bonds. The largest absolute Gasteiger partial charge is 0.497 e. The molecule has 1 fully saturated rings. The van der Waals surface area contributed by atoms with Gasteiger partial charge in [-0.05, 0) is 35.8 Å². The molecule has 1 aliphatic rings. The topological polar surface area (TPSA) is 9.23 Å². The third-order valence-corrected chi connectivity index (χ3v) is 5.51. The first-order valence-electron chi connectivity index (χ1n) is 5.14. The van der Waals surface area contributed by atoms with E-state index in [0.29, 0.717) is 4.83 Å². The van der Waals surface area contributed by atoms with E-state index in [1.807, 2.05) is 17.8 Å². The molecule has 1 heterocycles. The Labute approximate surface area is 104 Å². The number of hydrogen-bond acceptors (Lipinski definition) is 2. The number of methoxy groups -OCH3 is 1. The van der Waals surface area contributed by atoms with Crippen molar-refractivity contribution in [2.75, 3.05) is 18.6 Å². The number of rotatable bonds is 3. The summed E-state index contributed by atoms with van der Waals surface area (Å²) in [5.74, 6) is 4.24. The molecule has 2 rings (SSSR count). The van der Waals surface area contributed by atoms with Crippen LogP contribution in [-0.4, -0.2) is 23.4 Å². The van der Waals surface area contributed by atoms with Crippen LogP contribution < -0.4 is 4.74 Å². The summed E-state index contributed by atoms with van der Waals surface area (Å²) in [5.41, 5.74) is 1.38. The van der Waals surface area contributed by atoms with Gasteiger partial charge in [0, 0.05) is 10.6 Å². The van der Waals surface area contributed by atoms with Crippen molar-refractivity contribution >= 4 is 27.7 Å². The summed E-state index contributed by atoms with van der Waals surface area (Å²) >= 11 is 5.79. The predicted octanol–water partition coefficient (Wildman–Crippen LogP) is 3.36. The van der Waals surface area contributed by atoms with Gasteiger partial charge in [-0.1, -0.05) is 28.1 Å². The normalized spacial score (nSPS) is 25.5. The van der Waals surface area contributed by atoms with E-state index in [1.165, 1.54) is 17.1 Å². The fourth-order valence-corrected chi connectivity index (χ4v) is 4.33. The Morgan fingerprint density at radius 2 is 2.33 bits per heavy atom. The summed E-state index contributed by atoms with van der Waals surface area (Å²) in [7, 11) is 1.72. The van der Waals surface area contributed by atoms with Crippen LogP contribution in [-0.2, 0) is 6.42 Å². The molecule has 1 saturated heterocycles. The van der Waals surface area contributed by atoms with Gasteiger partial charge in [0.15, 0.2) is 0 Å². The number of alkyl halides is 1. The van der Waals surface area contributed by atoms with Crippen molar-refractivity contribution in [1.82, 2.24) is 0 Å². The maximum absolute atomic E-state index is 5.23. The number of hydrogen-bond donors (Lipinski definition) is 0. The van der Waals surface area contributed by atoms with E-state index in [4.69, 9.17) is 4.74 Å². The van der Waals surface area contributed by atoms with Crippen molar-refractivity contribution in [3.63, 3.8) is 0 Å². The van der Waals surface area contributed by atoms with E-state index in [-0.39, 0.29) is 0 Å². The average Bonchev–Trinajstić information content (AvgIpc) is 2.65. The summed E-state index contributed by atoms with van der Waals surface area (Å²) in [6.45, 7) is 0. The Balaban J connectivity index is 2.03. The minimum Gasteiger partial charge on any atom is -0.497 e. The van der Waals surface area contributed by atoms with E-state index >= 15 is 0 Å². The molecule has 0 aromatic heterocycles. The van der Waals surface area contributed by atoms with E-state index in [0.717, 1.165) is 18.1 Å². The standard InChI is InChI=1S/C12H15BrOS/c1-14-11-4-2-3-9(6-11)5-10-7-15-8-12(10)13/h2-4,6,10,12H,5,7-8H2,1H3. The summed E-state index contributed by atoms with van der Waals surface area (Å²) in [6.07, 6.45) is 1.15. The van der Waals surface area contributed by atoms with Gasteiger partial charge < -0.3 is 4.74 Å². The van der Waals surface area contributed by atoms with E-state index in [1.54, 1.807) is 7.11 Å². The van der Waals surface area contributed by atoms with Gasteiger partial charge in [-0.2, -0.15) is 11.8 Å². The van der Waals surface area contributed by atoms with Gasteiger partial charge in [0.05, 0.1) is 7.11 Å². The average molecular weight is 287 g/mol. The van der Waals surface area contributed by atoms with E-state index < -0.39 is 0 Å². The molecule has 1 aromatic carbocycles. The molecule has 1 aromatic rings. The molecule has 82 valence electrons. The molecular weight excluding hydrogens is 272 g/mol. The number of ether oxygens (including phenoxy) is 1. The third-order valence-electron chi connectivity index (χ3n) is 2.75. The molecule has 1 aliphatic heterocycles. The number of benzene rings is 1. The monoisotopic (exact) mass is 286 g/mol. The molecule has 0 spiro atoms. The van der Waals surface area contributed by atoms with Gasteiger partial charge in [0.2, 0.25) is 0 Å². The molecule has 3 heteroatoms. The van der Waals surface area contributed by atoms with Crippen LogP contribution in [0.25, 0.3) is 0 Å². The molecule has 0 radical (unpaired) electrons. The molecule has 2 unspecified atom stereocenters. The molecule has 15 heavy (non-hydrogen) atoms. The van der Waals surface area contributed by atoms with Crippen molar-refractivity contribution in [3.8, 4) is 5.75 Å². The minimum absolute atomic E-state index is 0.675. The van der Waals surface area contributed by atoms with Crippen molar-refractivity contribution in [1.29, 1.82) is 0 Å². The highest BCUT2D eigenvalue weighted by atomic mass is 79.9. The van der Waals surface area contributed by atoms with Crippen LogP contribution in [0.2, 0.25) is 0 Å². The van der Waals surface area contributed by atoms with Gasteiger partial charge in [-0.3, -0.25) is 0 Å². The second kappa shape index (κ2) is 5.26. The summed E-state index contributed by atoms with van der Waals surface area (Å²) in [6, 6.07) is 8.39. The first-order valence-corrected chi connectivity index (χ1v) is 7.21. The smallest absolute Gasteiger partial charge is 0.119 e. The summed E-state index contributed by atoms with van der Waals surface area (Å²) < 4.78 is 5.23. The van der Waals surface area contributed by atoms with Crippen LogP contribution >= 0.6 is 27.7 Å². The van der Waals surface area contributed by atoms with E-state index in [2.05, 4.69) is 34.1 Å². The van der Waals surface area contributed by atoms with Gasteiger partial charge >= 0.3 is 0 Å². The maximum atomic E-state index is 5.23. The van der Waals surface area contributed by atoms with Crippen molar-refractivity contribution < 1.29 is 4.74 Å². The third kappa shape index (κ3) is 2.91. The van der Waals surface area contributed by atoms with Gasteiger partial charge in [0.25, 0.3) is 0 Å². The minimum atomic E-state index is 0.675. The van der Waals surface area contributed by atoms with Crippen LogP contribution in [0.5, 0.6) is 5.75 Å². The maximum Gasteiger partial charge on any atom is 0.119 e. The highest BCUT2D eigenvalue weighted by Gasteiger charge is 2.25. The van der Waals surface area contributed by atoms with Crippen molar-refractivity contribution in [2.24, 2.45) is 5.92 Å². The lowest BCUT2D eigenvalue weighted by Gasteiger charge is -2.13. The number of halogens is 1. The highest BCUT2D eigenvalue weighted by Crippen LogP contribution is 2.32. The van der Waals surface area contributed by atoms with E-state index in [9.17, 15) is 0 Å². The molecule has 1 nitrogen and oxygen atoms in total. The molecular formula is C12H15BrOS. The highest BCUT2D eigenvalue weighted by molar-refractivity contribution is 9.09. The zero-order valence-electron chi connectivity index (χ0n) is 8.78. The second-order valence-corrected chi connectivity index (χ2v) is 6.12. The van der Waals surface area contributed by atoms with Gasteiger partial charge in [-0.25, -0.2) is 0 Å². The Bertz CT molecular complexity index is 329. The second-order valence-electron chi connectivity index (χ2n) is 3.87. The molecule has 0 bridgehead atoms. The Hall–Kier alpha value is -0.150. The lowest BCUT2D eigenvalue weighted by molar-refractivity contribution is 0.414. The first kappa shape index (κ1) is 11.3. The predicted molar refractivity (Wildman–Crippen MR) is 70.2 cm³/mol. The molecule has 0 saturated carbocycles. The first-order chi connectivity index (χ1) is 7.29. The quantitative estimate of drug-likeness (QED) is 0.788. The van der Waals surface area contributed by atoms with Crippen LogP contribution in [0, 0.1) is 5.92 Å². The molecule has 0 aliphatic carbocycles. The lowest BCUT2D eigenvalue weighted by Crippen LogP contribution is -2.14. The van der Waals surface area contributed by atoms with Gasteiger partial charge in [-0.15, -0.1) is 0 Å². The summed E-state index contributed by atoms with van der Waals surface area (Å²) in [4.78, 5) is 0.675. The molecule has 0 N–H and O–H groups in total. The fraction of sp³-hybridized carbons (Fsp3) is 0.500. The lowest BCUT2D eigenvalue weighted by atomic mass is 9.99. The zero-order valence-corrected chi connectivity index (χ0v) is 11.2. The summed E-state index contributed by atoms with van der Waals surface area (Å²) in [5, 5.41) is 0. The molecule has 2 atom stereocenters. The Morgan fingerprint density at radius 3 is 3.00 bits per heavy atom. The zero-order chi connectivity index (χ0) is 10.7. The van der Waals surface area contributed by atoms with Crippen molar-refractivity contribution in [2.45, 2.75) is 11.2 Å². The van der Waals surface area contributed by atoms with Crippen LogP contribution in [0.15, 0.2) is 24.3 Å². The SMILES string of the molecule is COc1cccc(CC2CSCC2Br)c1. The van der Waals surface area contributed by atoms with Crippen LogP contribution in [0.1, 0.15) is 5.56 Å². The van der Waals surface area contributed by atoms with Crippen LogP contribution in [0.4, 0.5) is 0 Å². The Morgan fingerprint density at radius 1 is 1.47 bits per heavy atom. The number of thioether (sulfide) groups is 1. The fourth-order valence-electron chi connectivity index (χ4n) is 1.86. The van der Waals surface area contributed by atoms with Crippen molar-refractivity contribution in [3.05, 3.63) is 29.8 Å². The van der Waals surface area contributed by atoms with Crippen LogP contribution in [0.3, 0.4) is 0 Å². The van der Waals surface area contributed by atoms with Gasteiger partial charge in [0.1, 0.15) is 5.75 Å². The Kier molecular flexibility index (Phi) is 3.98.